The molecule has 0 spiro atoms. The average Bonchev–Trinajstić information content (AvgIpc) is 2.45. The lowest BCUT2D eigenvalue weighted by Crippen LogP contribution is -2.45. The molecule has 0 aliphatic rings. The van der Waals surface area contributed by atoms with Gasteiger partial charge in [-0.15, -0.1) is 0 Å². The minimum atomic E-state index is -1.17. The quantitative estimate of drug-likeness (QED) is 0.573. The second-order valence-electron chi connectivity index (χ2n) is 4.64. The SMILES string of the molecule is CC(C(=O)N[C@@H](CCO)C(=O)O)C(N)c1ccccc1. The van der Waals surface area contributed by atoms with Gasteiger partial charge in [-0.05, 0) is 5.56 Å². The Morgan fingerprint density at radius 1 is 1.30 bits per heavy atom. The number of nitrogens with one attached hydrogen (secondary N) is 1. The molecule has 6 nitrogen and oxygen atoms in total. The maximum absolute atomic E-state index is 12.0. The molecule has 0 saturated heterocycles. The number of nitrogens with two attached hydrogens (primary N) is 1. The Labute approximate surface area is 117 Å². The number of aliphatic hydroxyl groups excluding tert-OH is 1. The molecule has 0 heterocycles. The monoisotopic (exact) mass is 280 g/mol. The van der Waals surface area contributed by atoms with E-state index < -0.39 is 29.9 Å². The number of carbonyl (C=O) groups excluding carboxylic acids is 1. The molecule has 110 valence electrons. The third-order valence-electron chi connectivity index (χ3n) is 3.17. The van der Waals surface area contributed by atoms with Gasteiger partial charge in [0.05, 0.1) is 5.92 Å². The van der Waals surface area contributed by atoms with Crippen molar-refractivity contribution < 1.29 is 19.8 Å². The fourth-order valence-corrected chi connectivity index (χ4v) is 1.82. The lowest BCUT2D eigenvalue weighted by Gasteiger charge is -2.22. The van der Waals surface area contributed by atoms with E-state index in [1.165, 1.54) is 0 Å². The molecular formula is C14H20N2O4. The molecule has 0 radical (unpaired) electrons. The van der Waals surface area contributed by atoms with E-state index in [2.05, 4.69) is 5.32 Å². The van der Waals surface area contributed by atoms with Crippen LogP contribution < -0.4 is 11.1 Å². The van der Waals surface area contributed by atoms with Crippen LogP contribution in [0.3, 0.4) is 0 Å². The summed E-state index contributed by atoms with van der Waals surface area (Å²) < 4.78 is 0. The second-order valence-corrected chi connectivity index (χ2v) is 4.64. The molecule has 0 aliphatic carbocycles. The summed E-state index contributed by atoms with van der Waals surface area (Å²) in [5.74, 6) is -2.19. The molecule has 1 rings (SSSR count). The minimum Gasteiger partial charge on any atom is -0.480 e. The summed E-state index contributed by atoms with van der Waals surface area (Å²) in [6.45, 7) is 1.33. The number of amides is 1. The lowest BCUT2D eigenvalue weighted by atomic mass is 9.94. The predicted octanol–water partition coefficient (Wildman–Crippen LogP) is 0.274. The molecule has 1 amide bonds. The van der Waals surface area contributed by atoms with Crippen LogP contribution in [0.2, 0.25) is 0 Å². The largest absolute Gasteiger partial charge is 0.480 e. The molecule has 0 aromatic heterocycles. The van der Waals surface area contributed by atoms with E-state index in [9.17, 15) is 9.59 Å². The highest BCUT2D eigenvalue weighted by molar-refractivity contribution is 5.85. The molecule has 1 aromatic carbocycles. The van der Waals surface area contributed by atoms with Crippen LogP contribution in [0.5, 0.6) is 0 Å². The van der Waals surface area contributed by atoms with Crippen molar-refractivity contribution in [3.05, 3.63) is 35.9 Å². The summed E-state index contributed by atoms with van der Waals surface area (Å²) in [6.07, 6.45) is -0.0334. The van der Waals surface area contributed by atoms with Crippen molar-refractivity contribution in [1.82, 2.24) is 5.32 Å². The molecule has 0 saturated carbocycles. The smallest absolute Gasteiger partial charge is 0.326 e. The van der Waals surface area contributed by atoms with Crippen molar-refractivity contribution in [3.8, 4) is 0 Å². The number of carboxylic acid groups (broad SMARTS) is 1. The van der Waals surface area contributed by atoms with Crippen molar-refractivity contribution >= 4 is 11.9 Å². The van der Waals surface area contributed by atoms with Gasteiger partial charge in [0.1, 0.15) is 6.04 Å². The van der Waals surface area contributed by atoms with Gasteiger partial charge in [0.25, 0.3) is 0 Å². The highest BCUT2D eigenvalue weighted by Gasteiger charge is 2.26. The number of carbonyl (C=O) groups is 2. The zero-order valence-electron chi connectivity index (χ0n) is 11.3. The zero-order chi connectivity index (χ0) is 15.1. The molecule has 0 fully saturated rings. The maximum atomic E-state index is 12.0. The van der Waals surface area contributed by atoms with E-state index >= 15 is 0 Å². The molecule has 5 N–H and O–H groups in total. The molecule has 3 atom stereocenters. The van der Waals surface area contributed by atoms with Gasteiger partial charge in [-0.1, -0.05) is 37.3 Å². The number of benzene rings is 1. The Bertz CT molecular complexity index is 450. The number of aliphatic hydroxyl groups is 1. The van der Waals surface area contributed by atoms with Crippen LogP contribution in [-0.4, -0.2) is 34.7 Å². The third kappa shape index (κ3) is 4.32. The Morgan fingerprint density at radius 2 is 1.90 bits per heavy atom. The summed E-state index contributed by atoms with van der Waals surface area (Å²) in [5, 5.41) is 20.1. The molecule has 20 heavy (non-hydrogen) atoms. The zero-order valence-corrected chi connectivity index (χ0v) is 11.3. The lowest BCUT2D eigenvalue weighted by molar-refractivity contribution is -0.143. The fraction of sp³-hybridized carbons (Fsp3) is 0.429. The number of hydrogen-bond donors (Lipinski definition) is 4. The van der Waals surface area contributed by atoms with Gasteiger partial charge in [0.2, 0.25) is 5.91 Å². The van der Waals surface area contributed by atoms with E-state index in [0.29, 0.717) is 0 Å². The van der Waals surface area contributed by atoms with Crippen LogP contribution in [0, 0.1) is 5.92 Å². The summed E-state index contributed by atoms with van der Waals surface area (Å²) >= 11 is 0. The molecule has 1 aromatic rings. The van der Waals surface area contributed by atoms with Crippen LogP contribution in [0.25, 0.3) is 0 Å². The first kappa shape index (κ1) is 16.1. The van der Waals surface area contributed by atoms with Gasteiger partial charge in [-0.25, -0.2) is 4.79 Å². The standard InChI is InChI=1S/C14H20N2O4/c1-9(12(15)10-5-3-2-4-6-10)13(18)16-11(7-8-17)14(19)20/h2-6,9,11-12,17H,7-8,15H2,1H3,(H,16,18)(H,19,20)/t9?,11-,12?/m0/s1. The highest BCUT2D eigenvalue weighted by Crippen LogP contribution is 2.19. The average molecular weight is 280 g/mol. The van der Waals surface area contributed by atoms with Crippen LogP contribution in [-0.2, 0) is 9.59 Å². The predicted molar refractivity (Wildman–Crippen MR) is 73.8 cm³/mol. The maximum Gasteiger partial charge on any atom is 0.326 e. The highest BCUT2D eigenvalue weighted by atomic mass is 16.4. The van der Waals surface area contributed by atoms with Gasteiger partial charge >= 0.3 is 5.97 Å². The summed E-state index contributed by atoms with van der Waals surface area (Å²) in [4.78, 5) is 22.9. The van der Waals surface area contributed by atoms with Crippen molar-refractivity contribution in [2.45, 2.75) is 25.4 Å². The molecule has 0 bridgehead atoms. The molecule has 0 aliphatic heterocycles. The first-order valence-electron chi connectivity index (χ1n) is 6.42. The summed E-state index contributed by atoms with van der Waals surface area (Å²) in [6, 6.07) is 7.52. The van der Waals surface area contributed by atoms with Crippen LogP contribution in [0.4, 0.5) is 0 Å². The third-order valence-corrected chi connectivity index (χ3v) is 3.17. The number of carboxylic acids is 1. The second kappa shape index (κ2) is 7.62. The summed E-state index contributed by atoms with van der Waals surface area (Å²) in [5.41, 5.74) is 6.82. The number of aliphatic carboxylic acids is 1. The van der Waals surface area contributed by atoms with Crippen molar-refractivity contribution in [3.63, 3.8) is 0 Å². The van der Waals surface area contributed by atoms with Crippen molar-refractivity contribution in [2.24, 2.45) is 11.7 Å². The van der Waals surface area contributed by atoms with Gasteiger partial charge in [0, 0.05) is 19.1 Å². The van der Waals surface area contributed by atoms with Crippen molar-refractivity contribution in [2.75, 3.05) is 6.61 Å². The van der Waals surface area contributed by atoms with Gasteiger partial charge in [-0.2, -0.15) is 0 Å². The normalized spacial score (nSPS) is 15.2. The fourth-order valence-electron chi connectivity index (χ4n) is 1.82. The Hall–Kier alpha value is -1.92. The van der Waals surface area contributed by atoms with E-state index in [0.717, 1.165) is 5.56 Å². The Kier molecular flexibility index (Phi) is 6.14. The van der Waals surface area contributed by atoms with Gasteiger partial charge < -0.3 is 21.3 Å². The molecule has 2 unspecified atom stereocenters. The van der Waals surface area contributed by atoms with Gasteiger partial charge in [0.15, 0.2) is 0 Å². The number of rotatable bonds is 7. The van der Waals surface area contributed by atoms with Crippen molar-refractivity contribution in [1.29, 1.82) is 0 Å². The minimum absolute atomic E-state index is 0.0334. The first-order chi connectivity index (χ1) is 9.47. The van der Waals surface area contributed by atoms with Crippen LogP contribution >= 0.6 is 0 Å². The van der Waals surface area contributed by atoms with E-state index in [4.69, 9.17) is 15.9 Å². The Balaban J connectivity index is 2.69. The molecule has 6 heteroatoms. The van der Waals surface area contributed by atoms with E-state index in [1.807, 2.05) is 30.3 Å². The van der Waals surface area contributed by atoms with Crippen LogP contribution in [0.15, 0.2) is 30.3 Å². The van der Waals surface area contributed by atoms with Crippen LogP contribution in [0.1, 0.15) is 24.9 Å². The topological polar surface area (TPSA) is 113 Å². The summed E-state index contributed by atoms with van der Waals surface area (Å²) in [7, 11) is 0. The van der Waals surface area contributed by atoms with Gasteiger partial charge in [-0.3, -0.25) is 4.79 Å². The number of hydrogen-bond acceptors (Lipinski definition) is 4. The van der Waals surface area contributed by atoms with E-state index in [1.54, 1.807) is 6.92 Å². The molecular weight excluding hydrogens is 260 g/mol. The Morgan fingerprint density at radius 3 is 2.40 bits per heavy atom. The van der Waals surface area contributed by atoms with E-state index in [-0.39, 0.29) is 13.0 Å². The first-order valence-corrected chi connectivity index (χ1v) is 6.42.